The maximum absolute atomic E-state index is 10.9. The molecule has 0 aromatic carbocycles. The first-order chi connectivity index (χ1) is 9.36. The number of aliphatic hydroxyl groups excluding tert-OH is 1. The van der Waals surface area contributed by atoms with Crippen LogP contribution in [0, 0.1) is 23.7 Å². The maximum atomic E-state index is 10.9. The average Bonchev–Trinajstić information content (AvgIpc) is 2.49. The Labute approximate surface area is 119 Å². The zero-order valence-corrected chi connectivity index (χ0v) is 12.5. The Morgan fingerprint density at radius 3 is 1.32 bits per heavy atom. The van der Waals surface area contributed by atoms with Crippen LogP contribution in [-0.4, -0.2) is 11.2 Å². The lowest BCUT2D eigenvalue weighted by molar-refractivity contribution is -0.0440. The van der Waals surface area contributed by atoms with Crippen molar-refractivity contribution in [3.63, 3.8) is 0 Å². The highest BCUT2D eigenvalue weighted by Crippen LogP contribution is 2.45. The zero-order chi connectivity index (χ0) is 13.1. The van der Waals surface area contributed by atoms with E-state index in [9.17, 15) is 5.11 Å². The van der Waals surface area contributed by atoms with Gasteiger partial charge in [0, 0.05) is 0 Å². The summed E-state index contributed by atoms with van der Waals surface area (Å²) in [7, 11) is 0. The molecule has 19 heavy (non-hydrogen) atoms. The quantitative estimate of drug-likeness (QED) is 0.750. The molecule has 0 aromatic heterocycles. The van der Waals surface area contributed by atoms with E-state index >= 15 is 0 Å². The summed E-state index contributed by atoms with van der Waals surface area (Å²) >= 11 is 0. The van der Waals surface area contributed by atoms with Crippen molar-refractivity contribution in [1.82, 2.24) is 0 Å². The molecule has 0 radical (unpaired) electrons. The van der Waals surface area contributed by atoms with Gasteiger partial charge in [-0.25, -0.2) is 0 Å². The molecule has 0 heterocycles. The molecule has 3 aliphatic carbocycles. The van der Waals surface area contributed by atoms with Crippen LogP contribution in [-0.2, 0) is 0 Å². The second-order valence-corrected chi connectivity index (χ2v) is 7.55. The molecule has 0 bridgehead atoms. The van der Waals surface area contributed by atoms with Crippen LogP contribution in [0.15, 0.2) is 0 Å². The van der Waals surface area contributed by atoms with Gasteiger partial charge in [0.25, 0.3) is 0 Å². The molecule has 2 unspecified atom stereocenters. The molecule has 3 rings (SSSR count). The summed E-state index contributed by atoms with van der Waals surface area (Å²) in [4.78, 5) is 0. The molecule has 0 saturated heterocycles. The van der Waals surface area contributed by atoms with Crippen molar-refractivity contribution in [2.24, 2.45) is 23.7 Å². The van der Waals surface area contributed by atoms with Gasteiger partial charge in [-0.2, -0.15) is 0 Å². The van der Waals surface area contributed by atoms with E-state index < -0.39 is 0 Å². The highest BCUT2D eigenvalue weighted by molar-refractivity contribution is 4.90. The minimum absolute atomic E-state index is 0.0416. The van der Waals surface area contributed by atoms with E-state index in [1.54, 1.807) is 0 Å². The topological polar surface area (TPSA) is 20.2 Å². The van der Waals surface area contributed by atoms with Crippen LogP contribution in [0.2, 0.25) is 0 Å². The van der Waals surface area contributed by atoms with Crippen molar-refractivity contribution < 1.29 is 5.11 Å². The van der Waals surface area contributed by atoms with Crippen LogP contribution in [0.4, 0.5) is 0 Å². The van der Waals surface area contributed by atoms with Crippen molar-refractivity contribution in [2.45, 2.75) is 89.6 Å². The van der Waals surface area contributed by atoms with Crippen LogP contribution in [0.5, 0.6) is 0 Å². The van der Waals surface area contributed by atoms with E-state index in [4.69, 9.17) is 0 Å². The first-order valence-electron chi connectivity index (χ1n) is 9.04. The molecule has 0 aliphatic heterocycles. The summed E-state index contributed by atoms with van der Waals surface area (Å²) in [5, 5.41) is 10.9. The van der Waals surface area contributed by atoms with Gasteiger partial charge in [0.15, 0.2) is 0 Å². The van der Waals surface area contributed by atoms with Crippen molar-refractivity contribution >= 4 is 0 Å². The number of hydrogen-bond donors (Lipinski definition) is 1. The van der Waals surface area contributed by atoms with Gasteiger partial charge in [0.2, 0.25) is 0 Å². The minimum atomic E-state index is 0.0416. The Hall–Kier alpha value is -0.0400. The van der Waals surface area contributed by atoms with Crippen molar-refractivity contribution in [3.8, 4) is 0 Å². The van der Waals surface area contributed by atoms with Gasteiger partial charge >= 0.3 is 0 Å². The fraction of sp³-hybridized carbons (Fsp3) is 1.00. The predicted octanol–water partition coefficient (Wildman–Crippen LogP) is 4.92. The molecular formula is C18H32O. The number of aliphatic hydroxyl groups is 1. The van der Waals surface area contributed by atoms with E-state index in [-0.39, 0.29) is 6.10 Å². The molecule has 1 N–H and O–H groups in total. The second kappa shape index (κ2) is 6.61. The van der Waals surface area contributed by atoms with E-state index in [1.165, 1.54) is 83.5 Å². The molecule has 2 atom stereocenters. The molecule has 0 amide bonds. The summed E-state index contributed by atoms with van der Waals surface area (Å²) in [6.07, 6.45) is 18.2. The van der Waals surface area contributed by atoms with Crippen molar-refractivity contribution in [1.29, 1.82) is 0 Å². The summed E-state index contributed by atoms with van der Waals surface area (Å²) < 4.78 is 0. The Balaban J connectivity index is 1.62. The lowest BCUT2D eigenvalue weighted by Crippen LogP contribution is -2.42. The maximum Gasteiger partial charge on any atom is 0.0601 e. The van der Waals surface area contributed by atoms with Gasteiger partial charge in [0.1, 0.15) is 0 Å². The highest BCUT2D eigenvalue weighted by Gasteiger charge is 2.40. The van der Waals surface area contributed by atoms with Crippen LogP contribution >= 0.6 is 0 Å². The standard InChI is InChI=1S/C18H32O/c19-18-16(14-8-3-1-4-9-14)12-7-13-17(18)15-10-5-2-6-11-15/h14-19H,1-13H2. The first kappa shape index (κ1) is 13.9. The largest absolute Gasteiger partial charge is 0.393 e. The predicted molar refractivity (Wildman–Crippen MR) is 80.0 cm³/mol. The summed E-state index contributed by atoms with van der Waals surface area (Å²) in [6.45, 7) is 0. The Morgan fingerprint density at radius 2 is 0.895 bits per heavy atom. The average molecular weight is 264 g/mol. The molecule has 110 valence electrons. The monoisotopic (exact) mass is 264 g/mol. The van der Waals surface area contributed by atoms with E-state index in [0.29, 0.717) is 11.8 Å². The molecule has 3 fully saturated rings. The van der Waals surface area contributed by atoms with Crippen LogP contribution in [0.3, 0.4) is 0 Å². The molecular weight excluding hydrogens is 232 g/mol. The first-order valence-corrected chi connectivity index (χ1v) is 9.04. The van der Waals surface area contributed by atoms with Crippen LogP contribution < -0.4 is 0 Å². The molecule has 1 nitrogen and oxygen atoms in total. The van der Waals surface area contributed by atoms with E-state index in [0.717, 1.165) is 11.8 Å². The molecule has 0 aromatic rings. The Kier molecular flexibility index (Phi) is 4.84. The van der Waals surface area contributed by atoms with Gasteiger partial charge in [-0.3, -0.25) is 0 Å². The van der Waals surface area contributed by atoms with Gasteiger partial charge in [0.05, 0.1) is 6.10 Å². The third-order valence-electron chi connectivity index (χ3n) is 6.46. The summed E-state index contributed by atoms with van der Waals surface area (Å²) in [5.41, 5.74) is 0. The smallest absolute Gasteiger partial charge is 0.0601 e. The third kappa shape index (κ3) is 3.17. The number of hydrogen-bond acceptors (Lipinski definition) is 1. The summed E-state index contributed by atoms with van der Waals surface area (Å²) in [5.74, 6) is 3.02. The zero-order valence-electron chi connectivity index (χ0n) is 12.5. The van der Waals surface area contributed by atoms with Gasteiger partial charge in [-0.05, 0) is 36.5 Å². The Bertz CT molecular complexity index is 237. The van der Waals surface area contributed by atoms with Gasteiger partial charge < -0.3 is 5.11 Å². The van der Waals surface area contributed by atoms with E-state index in [2.05, 4.69) is 0 Å². The molecule has 3 aliphatic rings. The molecule has 1 heteroatoms. The van der Waals surface area contributed by atoms with E-state index in [1.807, 2.05) is 0 Å². The van der Waals surface area contributed by atoms with Crippen LogP contribution in [0.1, 0.15) is 83.5 Å². The highest BCUT2D eigenvalue weighted by atomic mass is 16.3. The normalized spacial score (nSPS) is 39.3. The van der Waals surface area contributed by atoms with Crippen molar-refractivity contribution in [3.05, 3.63) is 0 Å². The summed E-state index contributed by atoms with van der Waals surface area (Å²) in [6, 6.07) is 0. The molecule has 3 saturated carbocycles. The van der Waals surface area contributed by atoms with Gasteiger partial charge in [-0.15, -0.1) is 0 Å². The fourth-order valence-corrected chi connectivity index (χ4v) is 5.40. The fourth-order valence-electron chi connectivity index (χ4n) is 5.40. The molecule has 0 spiro atoms. The SMILES string of the molecule is OC1C(C2CCCCC2)CCCC1C1CCCCC1. The second-order valence-electron chi connectivity index (χ2n) is 7.55. The number of rotatable bonds is 2. The van der Waals surface area contributed by atoms with Gasteiger partial charge in [-0.1, -0.05) is 70.6 Å². The third-order valence-corrected chi connectivity index (χ3v) is 6.46. The Morgan fingerprint density at radius 1 is 0.474 bits per heavy atom. The minimum Gasteiger partial charge on any atom is -0.393 e. The van der Waals surface area contributed by atoms with Crippen LogP contribution in [0.25, 0.3) is 0 Å². The van der Waals surface area contributed by atoms with Crippen molar-refractivity contribution in [2.75, 3.05) is 0 Å². The lowest BCUT2D eigenvalue weighted by Gasteiger charge is -2.44. The lowest BCUT2D eigenvalue weighted by atomic mass is 9.64.